The van der Waals surface area contributed by atoms with Crippen molar-refractivity contribution in [1.82, 2.24) is 9.97 Å². The van der Waals surface area contributed by atoms with Gasteiger partial charge < -0.3 is 0 Å². The van der Waals surface area contributed by atoms with Gasteiger partial charge >= 0.3 is 0 Å². The van der Waals surface area contributed by atoms with Crippen LogP contribution in [-0.4, -0.2) is 9.97 Å². The molecule has 2 heterocycles. The van der Waals surface area contributed by atoms with Gasteiger partial charge in [-0.15, -0.1) is 11.3 Å². The first-order valence-electron chi connectivity index (χ1n) is 3.19. The number of hydrogen-bond acceptors (Lipinski definition) is 3. The smallest absolute Gasteiger partial charge is 0.197 e. The number of thiophene rings is 1. The zero-order valence-electron chi connectivity index (χ0n) is 5.69. The molecule has 0 N–H and O–H groups in total. The van der Waals surface area contributed by atoms with Gasteiger partial charge in [-0.1, -0.05) is 6.07 Å². The molecule has 0 bridgehead atoms. The second kappa shape index (κ2) is 2.80. The van der Waals surface area contributed by atoms with Gasteiger partial charge in [-0.2, -0.15) is 0 Å². The van der Waals surface area contributed by atoms with E-state index in [9.17, 15) is 0 Å². The fraction of sp³-hybridized carbons (Fsp3) is 0. The van der Waals surface area contributed by atoms with Gasteiger partial charge in [-0.05, 0) is 11.4 Å². The second-order valence-electron chi connectivity index (χ2n) is 2.05. The highest BCUT2D eigenvalue weighted by molar-refractivity contribution is 7.13. The summed E-state index contributed by atoms with van der Waals surface area (Å²) in [6, 6.07) is 4.06. The van der Waals surface area contributed by atoms with Gasteiger partial charge in [0.05, 0.1) is 0 Å². The summed E-state index contributed by atoms with van der Waals surface area (Å²) in [5.41, 5.74) is 1.05. The lowest BCUT2D eigenvalue weighted by molar-refractivity contribution is 1.15. The van der Waals surface area contributed by atoms with Crippen LogP contribution in [-0.2, 0) is 0 Å². The van der Waals surface area contributed by atoms with E-state index < -0.39 is 0 Å². The number of nitrogens with zero attached hydrogens (tertiary/aromatic N) is 2. The zero-order valence-corrected chi connectivity index (χ0v) is 6.51. The lowest BCUT2D eigenvalue weighted by atomic mass is 10.3. The molecule has 0 fully saturated rings. The van der Waals surface area contributed by atoms with Crippen LogP contribution in [0.25, 0.3) is 10.4 Å². The van der Waals surface area contributed by atoms with Crippen molar-refractivity contribution in [3.8, 4) is 10.4 Å². The van der Waals surface area contributed by atoms with Crippen molar-refractivity contribution in [3.63, 3.8) is 0 Å². The van der Waals surface area contributed by atoms with Crippen LogP contribution in [0.15, 0.2) is 29.9 Å². The third-order valence-corrected chi connectivity index (χ3v) is 2.25. The minimum absolute atomic E-state index is 1.05. The Kier molecular flexibility index (Phi) is 1.65. The van der Waals surface area contributed by atoms with Crippen LogP contribution in [0.3, 0.4) is 0 Å². The molecule has 0 aromatic carbocycles. The van der Waals surface area contributed by atoms with Crippen molar-refractivity contribution in [2.45, 2.75) is 0 Å². The van der Waals surface area contributed by atoms with E-state index in [0.29, 0.717) is 0 Å². The Morgan fingerprint density at radius 2 is 2.09 bits per heavy atom. The summed E-state index contributed by atoms with van der Waals surface area (Å²) in [6.45, 7) is 0. The molecule has 53 valence electrons. The minimum atomic E-state index is 1.05. The van der Waals surface area contributed by atoms with Crippen LogP contribution in [0.1, 0.15) is 0 Å². The van der Waals surface area contributed by atoms with E-state index in [1.54, 1.807) is 23.7 Å². The Balaban J connectivity index is 2.46. The summed E-state index contributed by atoms with van der Waals surface area (Å²) in [5.74, 6) is 0. The maximum absolute atomic E-state index is 3.81. The number of rotatable bonds is 1. The van der Waals surface area contributed by atoms with E-state index >= 15 is 0 Å². The van der Waals surface area contributed by atoms with Crippen LogP contribution in [0, 0.1) is 6.33 Å². The van der Waals surface area contributed by atoms with Gasteiger partial charge in [0.25, 0.3) is 0 Å². The first-order chi connectivity index (χ1) is 5.47. The number of aromatic nitrogens is 2. The molecule has 2 aromatic rings. The van der Waals surface area contributed by atoms with E-state index in [0.717, 1.165) is 5.56 Å². The average molecular weight is 161 g/mol. The molecule has 0 aliphatic carbocycles. The molecule has 0 aliphatic rings. The molecule has 11 heavy (non-hydrogen) atoms. The molecule has 2 nitrogen and oxygen atoms in total. The normalized spacial score (nSPS) is 9.82. The summed E-state index contributed by atoms with van der Waals surface area (Å²) >= 11 is 1.68. The van der Waals surface area contributed by atoms with Crippen molar-refractivity contribution in [2.75, 3.05) is 0 Å². The third-order valence-electron chi connectivity index (χ3n) is 1.33. The fourth-order valence-corrected chi connectivity index (χ4v) is 1.54. The largest absolute Gasteiger partial charge is 0.233 e. The fourth-order valence-electron chi connectivity index (χ4n) is 0.834. The zero-order chi connectivity index (χ0) is 7.52. The first-order valence-corrected chi connectivity index (χ1v) is 4.07. The van der Waals surface area contributed by atoms with Crippen LogP contribution in [0.2, 0.25) is 0 Å². The highest BCUT2D eigenvalue weighted by Crippen LogP contribution is 2.21. The summed E-state index contributed by atoms with van der Waals surface area (Å²) in [5, 5.41) is 2.03. The predicted molar refractivity (Wildman–Crippen MR) is 44.2 cm³/mol. The van der Waals surface area contributed by atoms with Crippen LogP contribution in [0.4, 0.5) is 0 Å². The molecule has 1 radical (unpaired) electrons. The SMILES string of the molecule is [c]1ncc(-c2cccs2)cn1. The Bertz CT molecular complexity index is 315. The van der Waals surface area contributed by atoms with Gasteiger partial charge in [-0.3, -0.25) is 0 Å². The van der Waals surface area contributed by atoms with Crippen LogP contribution >= 0.6 is 11.3 Å². The Labute approximate surface area is 68.6 Å². The van der Waals surface area contributed by atoms with Crippen LogP contribution in [0.5, 0.6) is 0 Å². The monoisotopic (exact) mass is 161 g/mol. The number of hydrogen-bond donors (Lipinski definition) is 0. The van der Waals surface area contributed by atoms with Crippen molar-refractivity contribution in [1.29, 1.82) is 0 Å². The first kappa shape index (κ1) is 6.49. The predicted octanol–water partition coefficient (Wildman–Crippen LogP) is 2.01. The summed E-state index contributed by atoms with van der Waals surface area (Å²) < 4.78 is 0. The van der Waals surface area contributed by atoms with Gasteiger partial charge in [-0.25, -0.2) is 9.97 Å². The molecule has 2 rings (SSSR count). The quantitative estimate of drug-likeness (QED) is 0.639. The maximum Gasteiger partial charge on any atom is 0.197 e. The molecule has 0 saturated carbocycles. The standard InChI is InChI=1S/C8H5N2S/c1-2-8(11-3-1)7-4-9-6-10-5-7/h1-5H. The van der Waals surface area contributed by atoms with E-state index in [4.69, 9.17) is 0 Å². The molecular weight excluding hydrogens is 156 g/mol. The summed E-state index contributed by atoms with van der Waals surface area (Å²) in [6.07, 6.45) is 6.02. The molecule has 2 aromatic heterocycles. The molecule has 0 saturated heterocycles. The third kappa shape index (κ3) is 1.28. The molecule has 0 spiro atoms. The highest BCUT2D eigenvalue weighted by Gasteiger charge is 1.96. The van der Waals surface area contributed by atoms with Crippen LogP contribution < -0.4 is 0 Å². The Morgan fingerprint density at radius 3 is 2.73 bits per heavy atom. The van der Waals surface area contributed by atoms with E-state index in [1.165, 1.54) is 4.88 Å². The van der Waals surface area contributed by atoms with Gasteiger partial charge in [0.1, 0.15) is 0 Å². The van der Waals surface area contributed by atoms with E-state index in [-0.39, 0.29) is 0 Å². The molecule has 0 amide bonds. The lowest BCUT2D eigenvalue weighted by Gasteiger charge is -1.91. The topological polar surface area (TPSA) is 25.8 Å². The van der Waals surface area contributed by atoms with Gasteiger partial charge in [0.2, 0.25) is 0 Å². The van der Waals surface area contributed by atoms with Gasteiger partial charge in [0, 0.05) is 22.8 Å². The lowest BCUT2D eigenvalue weighted by Crippen LogP contribution is -1.77. The van der Waals surface area contributed by atoms with Crippen molar-refractivity contribution < 1.29 is 0 Å². The van der Waals surface area contributed by atoms with Crippen molar-refractivity contribution in [3.05, 3.63) is 36.2 Å². The van der Waals surface area contributed by atoms with E-state index in [2.05, 4.69) is 16.3 Å². The maximum atomic E-state index is 3.81. The summed E-state index contributed by atoms with van der Waals surface area (Å²) in [7, 11) is 0. The molecule has 0 atom stereocenters. The van der Waals surface area contributed by atoms with Crippen molar-refractivity contribution in [2.24, 2.45) is 0 Å². The Morgan fingerprint density at radius 1 is 1.27 bits per heavy atom. The van der Waals surface area contributed by atoms with Crippen molar-refractivity contribution >= 4 is 11.3 Å². The average Bonchev–Trinajstić information content (AvgIpc) is 2.58. The highest BCUT2D eigenvalue weighted by atomic mass is 32.1. The van der Waals surface area contributed by atoms with Gasteiger partial charge in [0.15, 0.2) is 6.33 Å². The molecule has 3 heteroatoms. The molecule has 0 aliphatic heterocycles. The molecule has 0 unspecified atom stereocenters. The second-order valence-corrected chi connectivity index (χ2v) is 3.00. The molecular formula is C8H5N2S. The summed E-state index contributed by atoms with van der Waals surface area (Å²) in [4.78, 5) is 8.82. The minimum Gasteiger partial charge on any atom is -0.233 e. The van der Waals surface area contributed by atoms with E-state index in [1.807, 2.05) is 17.5 Å². The Hall–Kier alpha value is -1.22.